The molecule has 0 aliphatic rings. The number of carbonyl (C=O) groups is 1. The molecule has 0 aliphatic carbocycles. The van der Waals surface area contributed by atoms with E-state index in [0.29, 0.717) is 45.4 Å². The highest BCUT2D eigenvalue weighted by Crippen LogP contribution is 2.26. The van der Waals surface area contributed by atoms with E-state index in [1.807, 2.05) is 12.1 Å². The SMILES string of the molecule is CCC(=O)Nc1cc2c(=O)n(Cc3ccc(Cl)cc3)c(C)nc2cc1Cl. The minimum Gasteiger partial charge on any atom is -0.325 e. The number of rotatable bonds is 4. The third kappa shape index (κ3) is 3.74. The van der Waals surface area contributed by atoms with E-state index in [-0.39, 0.29) is 11.5 Å². The zero-order valence-electron chi connectivity index (χ0n) is 14.3. The van der Waals surface area contributed by atoms with Gasteiger partial charge in [0.2, 0.25) is 5.91 Å². The number of nitrogens with zero attached hydrogens (tertiary/aromatic N) is 2. The van der Waals surface area contributed by atoms with Crippen LogP contribution in [-0.2, 0) is 11.3 Å². The van der Waals surface area contributed by atoms with E-state index >= 15 is 0 Å². The van der Waals surface area contributed by atoms with Gasteiger partial charge in [-0.2, -0.15) is 0 Å². The molecule has 3 rings (SSSR count). The number of fused-ring (bicyclic) bond motifs is 1. The van der Waals surface area contributed by atoms with Crippen LogP contribution >= 0.6 is 23.2 Å². The predicted molar refractivity (Wildman–Crippen MR) is 105 cm³/mol. The second-order valence-corrected chi connectivity index (χ2v) is 6.77. The smallest absolute Gasteiger partial charge is 0.261 e. The first-order valence-electron chi connectivity index (χ1n) is 8.14. The molecule has 1 N–H and O–H groups in total. The van der Waals surface area contributed by atoms with Crippen LogP contribution in [0.2, 0.25) is 10.0 Å². The summed E-state index contributed by atoms with van der Waals surface area (Å²) in [5, 5.41) is 4.10. The van der Waals surface area contributed by atoms with Gasteiger partial charge < -0.3 is 5.32 Å². The molecule has 3 aromatic rings. The number of amides is 1. The summed E-state index contributed by atoms with van der Waals surface area (Å²) >= 11 is 12.1. The number of hydrogen-bond acceptors (Lipinski definition) is 3. The average Bonchev–Trinajstić information content (AvgIpc) is 2.61. The maximum absolute atomic E-state index is 13.0. The van der Waals surface area contributed by atoms with Crippen molar-refractivity contribution >= 4 is 45.7 Å². The Labute approximate surface area is 160 Å². The molecule has 0 bridgehead atoms. The summed E-state index contributed by atoms with van der Waals surface area (Å²) in [5.41, 5.74) is 1.66. The second-order valence-electron chi connectivity index (χ2n) is 5.93. The summed E-state index contributed by atoms with van der Waals surface area (Å²) in [7, 11) is 0. The Hall–Kier alpha value is -2.37. The molecule has 26 heavy (non-hydrogen) atoms. The molecule has 0 atom stereocenters. The number of halogens is 2. The molecule has 2 aromatic carbocycles. The van der Waals surface area contributed by atoms with Crippen LogP contribution in [0.1, 0.15) is 24.7 Å². The summed E-state index contributed by atoms with van der Waals surface area (Å²) in [6, 6.07) is 10.5. The van der Waals surface area contributed by atoms with Gasteiger partial charge in [0.1, 0.15) is 5.82 Å². The van der Waals surface area contributed by atoms with Crippen LogP contribution in [0.25, 0.3) is 10.9 Å². The maximum atomic E-state index is 13.0. The molecule has 0 spiro atoms. The van der Waals surface area contributed by atoms with Crippen LogP contribution in [0.3, 0.4) is 0 Å². The average molecular weight is 390 g/mol. The Morgan fingerprint density at radius 2 is 1.88 bits per heavy atom. The van der Waals surface area contributed by atoms with Gasteiger partial charge in [-0.15, -0.1) is 0 Å². The lowest BCUT2D eigenvalue weighted by Crippen LogP contribution is -2.24. The fourth-order valence-corrected chi connectivity index (χ4v) is 2.98. The zero-order chi connectivity index (χ0) is 18.8. The quantitative estimate of drug-likeness (QED) is 0.718. The van der Waals surface area contributed by atoms with Gasteiger partial charge in [-0.25, -0.2) is 4.98 Å². The Bertz CT molecular complexity index is 1040. The standard InChI is InChI=1S/C19H17Cl2N3O2/c1-3-18(25)23-17-8-14-16(9-15(17)21)22-11(2)24(19(14)26)10-12-4-6-13(20)7-5-12/h4-9H,3,10H2,1-2H3,(H,23,25). The maximum Gasteiger partial charge on any atom is 0.261 e. The summed E-state index contributed by atoms with van der Waals surface area (Å²) < 4.78 is 1.59. The van der Waals surface area contributed by atoms with Crippen molar-refractivity contribution < 1.29 is 4.79 Å². The number of carbonyl (C=O) groups excluding carboxylic acids is 1. The summed E-state index contributed by atoms with van der Waals surface area (Å²) in [6.45, 7) is 3.90. The molecular formula is C19H17Cl2N3O2. The lowest BCUT2D eigenvalue weighted by molar-refractivity contribution is -0.115. The summed E-state index contributed by atoms with van der Waals surface area (Å²) in [4.78, 5) is 29.1. The van der Waals surface area contributed by atoms with E-state index in [1.54, 1.807) is 42.7 Å². The van der Waals surface area contributed by atoms with Crippen molar-refractivity contribution in [3.63, 3.8) is 0 Å². The number of hydrogen-bond donors (Lipinski definition) is 1. The van der Waals surface area contributed by atoms with E-state index in [1.165, 1.54) is 0 Å². The van der Waals surface area contributed by atoms with Crippen molar-refractivity contribution in [1.29, 1.82) is 0 Å². The number of anilines is 1. The van der Waals surface area contributed by atoms with Crippen LogP contribution in [0.15, 0.2) is 41.2 Å². The van der Waals surface area contributed by atoms with Gasteiger partial charge >= 0.3 is 0 Å². The first-order chi connectivity index (χ1) is 12.4. The van der Waals surface area contributed by atoms with Crippen molar-refractivity contribution in [3.05, 3.63) is 68.2 Å². The Kier molecular flexibility index (Phi) is 5.30. The van der Waals surface area contributed by atoms with Gasteiger partial charge in [0.05, 0.1) is 28.2 Å². The summed E-state index contributed by atoms with van der Waals surface area (Å²) in [5.74, 6) is 0.409. The lowest BCUT2D eigenvalue weighted by Gasteiger charge is -2.13. The molecule has 0 unspecified atom stereocenters. The molecule has 0 radical (unpaired) electrons. The van der Waals surface area contributed by atoms with Crippen LogP contribution in [0.4, 0.5) is 5.69 Å². The monoisotopic (exact) mass is 389 g/mol. The first kappa shape index (κ1) is 18.4. The number of aryl methyl sites for hydroxylation is 1. The third-order valence-electron chi connectivity index (χ3n) is 4.08. The topological polar surface area (TPSA) is 64.0 Å². The molecule has 1 heterocycles. The van der Waals surface area contributed by atoms with Gasteiger partial charge in [0, 0.05) is 11.4 Å². The largest absolute Gasteiger partial charge is 0.325 e. The first-order valence-corrected chi connectivity index (χ1v) is 8.89. The van der Waals surface area contributed by atoms with Crippen molar-refractivity contribution in [2.45, 2.75) is 26.8 Å². The third-order valence-corrected chi connectivity index (χ3v) is 4.65. The van der Waals surface area contributed by atoms with E-state index in [4.69, 9.17) is 23.2 Å². The van der Waals surface area contributed by atoms with Crippen LogP contribution in [-0.4, -0.2) is 15.5 Å². The molecule has 134 valence electrons. The molecular weight excluding hydrogens is 373 g/mol. The van der Waals surface area contributed by atoms with Gasteiger partial charge in [0.15, 0.2) is 0 Å². The highest BCUT2D eigenvalue weighted by atomic mass is 35.5. The van der Waals surface area contributed by atoms with Crippen molar-refractivity contribution in [2.24, 2.45) is 0 Å². The van der Waals surface area contributed by atoms with E-state index in [9.17, 15) is 9.59 Å². The fraction of sp³-hybridized carbons (Fsp3) is 0.211. The predicted octanol–water partition coefficient (Wildman–Crippen LogP) is 4.41. The van der Waals surface area contributed by atoms with E-state index in [0.717, 1.165) is 5.56 Å². The lowest BCUT2D eigenvalue weighted by atomic mass is 10.2. The van der Waals surface area contributed by atoms with Gasteiger partial charge in [0.25, 0.3) is 5.56 Å². The highest BCUT2D eigenvalue weighted by Gasteiger charge is 2.13. The fourth-order valence-electron chi connectivity index (χ4n) is 2.65. The molecule has 0 aliphatic heterocycles. The van der Waals surface area contributed by atoms with Gasteiger partial charge in [-0.05, 0) is 36.8 Å². The highest BCUT2D eigenvalue weighted by molar-refractivity contribution is 6.34. The van der Waals surface area contributed by atoms with Crippen molar-refractivity contribution in [1.82, 2.24) is 9.55 Å². The van der Waals surface area contributed by atoms with Crippen LogP contribution in [0.5, 0.6) is 0 Å². The molecule has 5 nitrogen and oxygen atoms in total. The van der Waals surface area contributed by atoms with Crippen molar-refractivity contribution in [2.75, 3.05) is 5.32 Å². The van der Waals surface area contributed by atoms with E-state index in [2.05, 4.69) is 10.3 Å². The minimum atomic E-state index is -0.189. The zero-order valence-corrected chi connectivity index (χ0v) is 15.9. The Balaban J connectivity index is 2.09. The number of aromatic nitrogens is 2. The second kappa shape index (κ2) is 7.48. The molecule has 1 aromatic heterocycles. The molecule has 7 heteroatoms. The van der Waals surface area contributed by atoms with Gasteiger partial charge in [-0.3, -0.25) is 14.2 Å². The van der Waals surface area contributed by atoms with E-state index < -0.39 is 0 Å². The molecule has 0 saturated heterocycles. The normalized spacial score (nSPS) is 10.9. The molecule has 0 fully saturated rings. The van der Waals surface area contributed by atoms with Crippen LogP contribution < -0.4 is 10.9 Å². The molecule has 1 amide bonds. The number of nitrogens with one attached hydrogen (secondary N) is 1. The molecule has 0 saturated carbocycles. The Morgan fingerprint density at radius 3 is 2.54 bits per heavy atom. The van der Waals surface area contributed by atoms with Crippen LogP contribution in [0, 0.1) is 6.92 Å². The Morgan fingerprint density at radius 1 is 1.19 bits per heavy atom. The van der Waals surface area contributed by atoms with Crippen molar-refractivity contribution in [3.8, 4) is 0 Å². The number of benzene rings is 2. The van der Waals surface area contributed by atoms with Gasteiger partial charge in [-0.1, -0.05) is 42.3 Å². The summed E-state index contributed by atoms with van der Waals surface area (Å²) in [6.07, 6.45) is 0.321. The minimum absolute atomic E-state index is 0.173.